The zero-order chi connectivity index (χ0) is 18.3. The molecule has 2 aliphatic rings. The fourth-order valence-electron chi connectivity index (χ4n) is 3.11. The molecule has 5 nitrogen and oxygen atoms in total. The summed E-state index contributed by atoms with van der Waals surface area (Å²) in [7, 11) is 3.27. The van der Waals surface area contributed by atoms with Gasteiger partial charge >= 0.3 is 0 Å². The minimum atomic E-state index is 0.549. The van der Waals surface area contributed by atoms with E-state index in [-0.39, 0.29) is 0 Å². The zero-order valence-electron chi connectivity index (χ0n) is 14.2. The summed E-state index contributed by atoms with van der Waals surface area (Å²) in [5.41, 5.74) is 3.12. The number of rotatable bonds is 5. The van der Waals surface area contributed by atoms with E-state index in [4.69, 9.17) is 32.7 Å². The van der Waals surface area contributed by atoms with Crippen molar-refractivity contribution in [2.45, 2.75) is 6.54 Å². The monoisotopic (exact) mass is 389 g/mol. The van der Waals surface area contributed by atoms with Crippen molar-refractivity contribution in [1.82, 2.24) is 10.2 Å². The molecule has 134 valence electrons. The third-order valence-corrected chi connectivity index (χ3v) is 5.17. The summed E-state index contributed by atoms with van der Waals surface area (Å²) in [5, 5.41) is 13.1. The number of methoxy groups -OCH3 is 2. The molecule has 0 unspecified atom stereocenters. The Morgan fingerprint density at radius 3 is 2.42 bits per heavy atom. The number of halogens is 2. The topological polar surface area (TPSA) is 62.1 Å². The largest absolute Gasteiger partial charge is 0.493 e. The van der Waals surface area contributed by atoms with Gasteiger partial charge in [0.25, 0.3) is 0 Å². The third-order valence-electron chi connectivity index (χ3n) is 4.43. The standard InChI is InChI=1S/C19H17Cl2N3O2/c1-25-16-7-11-6-13-18(12(11)8-17(16)26-2)23-24-19(13)22-9-10-3-4-14(20)15(21)5-10/h3-8,22-24H,9H2,1-2H3. The number of H-pyrrole nitrogens is 2. The molecule has 0 atom stereocenters. The highest BCUT2D eigenvalue weighted by Crippen LogP contribution is 2.42. The van der Waals surface area contributed by atoms with Gasteiger partial charge in [0.1, 0.15) is 5.82 Å². The van der Waals surface area contributed by atoms with Crippen LogP contribution >= 0.6 is 23.2 Å². The summed E-state index contributed by atoms with van der Waals surface area (Å²) in [6.45, 7) is 0.620. The van der Waals surface area contributed by atoms with E-state index in [0.29, 0.717) is 28.1 Å². The SMILES string of the molecule is COc1cc2cc3c(NCc4ccc(Cl)c(Cl)c4)[nH][nH]c-3c2cc1OC. The number of ether oxygens (including phenoxy) is 2. The summed E-state index contributed by atoms with van der Waals surface area (Å²) in [4.78, 5) is 0. The van der Waals surface area contributed by atoms with Gasteiger partial charge < -0.3 is 14.8 Å². The van der Waals surface area contributed by atoms with Crippen molar-refractivity contribution < 1.29 is 9.47 Å². The minimum absolute atomic E-state index is 0.549. The molecule has 2 aromatic rings. The van der Waals surface area contributed by atoms with E-state index in [1.807, 2.05) is 24.3 Å². The molecule has 0 radical (unpaired) electrons. The van der Waals surface area contributed by atoms with Crippen molar-refractivity contribution in [2.75, 3.05) is 19.5 Å². The van der Waals surface area contributed by atoms with E-state index in [9.17, 15) is 0 Å². The zero-order valence-corrected chi connectivity index (χ0v) is 15.8. The average molecular weight is 390 g/mol. The lowest BCUT2D eigenvalue weighted by atomic mass is 10.2. The quantitative estimate of drug-likeness (QED) is 0.420. The molecule has 1 aliphatic carbocycles. The molecule has 0 spiro atoms. The van der Waals surface area contributed by atoms with Crippen LogP contribution in [0.15, 0.2) is 36.4 Å². The molecule has 0 aromatic heterocycles. The highest BCUT2D eigenvalue weighted by atomic mass is 35.5. The number of aromatic amines is 2. The lowest BCUT2D eigenvalue weighted by molar-refractivity contribution is 0.356. The van der Waals surface area contributed by atoms with Crippen LogP contribution in [0.1, 0.15) is 5.56 Å². The molecule has 4 rings (SSSR count). The second-order valence-corrected chi connectivity index (χ2v) is 6.77. The highest BCUT2D eigenvalue weighted by Gasteiger charge is 2.19. The molecule has 3 N–H and O–H groups in total. The Hall–Kier alpha value is -2.50. The van der Waals surface area contributed by atoms with Crippen molar-refractivity contribution in [3.63, 3.8) is 0 Å². The lowest BCUT2D eigenvalue weighted by Gasteiger charge is -2.07. The predicted octanol–water partition coefficient (Wildman–Crippen LogP) is 5.54. The second-order valence-electron chi connectivity index (χ2n) is 5.95. The normalized spacial score (nSPS) is 11.2. The number of anilines is 1. The number of fused-ring (bicyclic) bond motifs is 3. The Bertz CT molecular complexity index is 1050. The number of hydrogen-bond acceptors (Lipinski definition) is 3. The van der Waals surface area contributed by atoms with Crippen LogP contribution in [-0.4, -0.2) is 24.4 Å². The molecule has 0 bridgehead atoms. The summed E-state index contributed by atoms with van der Waals surface area (Å²) in [6.07, 6.45) is 0. The molecule has 0 amide bonds. The molecule has 2 aromatic carbocycles. The molecule has 7 heteroatoms. The van der Waals surface area contributed by atoms with Crippen LogP contribution in [0, 0.1) is 0 Å². The smallest absolute Gasteiger partial charge is 0.161 e. The molecule has 0 fully saturated rings. The van der Waals surface area contributed by atoms with Gasteiger partial charge in [0.05, 0.1) is 30.0 Å². The van der Waals surface area contributed by atoms with Crippen molar-refractivity contribution in [3.8, 4) is 22.8 Å². The molecule has 1 heterocycles. The number of hydrogen-bond donors (Lipinski definition) is 3. The fraction of sp³-hybridized carbons (Fsp3) is 0.158. The van der Waals surface area contributed by atoms with Gasteiger partial charge in [-0.05, 0) is 41.3 Å². The first-order valence-electron chi connectivity index (χ1n) is 8.03. The van der Waals surface area contributed by atoms with Gasteiger partial charge in [0.2, 0.25) is 0 Å². The van der Waals surface area contributed by atoms with Crippen LogP contribution in [0.2, 0.25) is 10.0 Å². The first-order valence-corrected chi connectivity index (χ1v) is 8.79. The summed E-state index contributed by atoms with van der Waals surface area (Å²) in [6, 6.07) is 11.7. The van der Waals surface area contributed by atoms with Gasteiger partial charge in [-0.3, -0.25) is 10.2 Å². The van der Waals surface area contributed by atoms with Crippen LogP contribution in [0.5, 0.6) is 11.5 Å². The van der Waals surface area contributed by atoms with E-state index < -0.39 is 0 Å². The Morgan fingerprint density at radius 1 is 0.923 bits per heavy atom. The molecular formula is C19H17Cl2N3O2. The maximum atomic E-state index is 6.08. The highest BCUT2D eigenvalue weighted by molar-refractivity contribution is 6.42. The molecular weight excluding hydrogens is 373 g/mol. The van der Waals surface area contributed by atoms with Gasteiger partial charge in [-0.2, -0.15) is 0 Å². The van der Waals surface area contributed by atoms with E-state index in [1.54, 1.807) is 20.3 Å². The summed E-state index contributed by atoms with van der Waals surface area (Å²) in [5.74, 6) is 2.31. The Balaban J connectivity index is 1.65. The van der Waals surface area contributed by atoms with Gasteiger partial charge in [-0.1, -0.05) is 29.3 Å². The van der Waals surface area contributed by atoms with Gasteiger partial charge in [0, 0.05) is 17.5 Å². The molecule has 0 saturated heterocycles. The van der Waals surface area contributed by atoms with E-state index in [2.05, 4.69) is 21.6 Å². The Labute approximate surface area is 160 Å². The van der Waals surface area contributed by atoms with Crippen LogP contribution in [0.3, 0.4) is 0 Å². The maximum absolute atomic E-state index is 6.08. The van der Waals surface area contributed by atoms with Crippen molar-refractivity contribution >= 4 is 39.8 Å². The van der Waals surface area contributed by atoms with E-state index in [1.165, 1.54) is 0 Å². The van der Waals surface area contributed by atoms with Crippen LogP contribution < -0.4 is 14.8 Å². The lowest BCUT2D eigenvalue weighted by Crippen LogP contribution is -2.00. The van der Waals surface area contributed by atoms with E-state index in [0.717, 1.165) is 33.4 Å². The van der Waals surface area contributed by atoms with Crippen LogP contribution in [0.25, 0.3) is 22.0 Å². The first-order chi connectivity index (χ1) is 12.6. The summed E-state index contributed by atoms with van der Waals surface area (Å²) >= 11 is 12.1. The third kappa shape index (κ3) is 2.83. The first kappa shape index (κ1) is 16.9. The predicted molar refractivity (Wildman–Crippen MR) is 106 cm³/mol. The number of nitrogens with one attached hydrogen (secondary N) is 3. The second kappa shape index (κ2) is 6.67. The number of aromatic nitrogens is 2. The Morgan fingerprint density at radius 2 is 1.69 bits per heavy atom. The van der Waals surface area contributed by atoms with Gasteiger partial charge in [-0.15, -0.1) is 0 Å². The van der Waals surface area contributed by atoms with Gasteiger partial charge in [0.15, 0.2) is 11.5 Å². The molecule has 0 saturated carbocycles. The maximum Gasteiger partial charge on any atom is 0.161 e. The molecule has 26 heavy (non-hydrogen) atoms. The van der Waals surface area contributed by atoms with E-state index >= 15 is 0 Å². The molecule has 1 aliphatic heterocycles. The van der Waals surface area contributed by atoms with Crippen LogP contribution in [-0.2, 0) is 6.54 Å². The van der Waals surface area contributed by atoms with Gasteiger partial charge in [-0.25, -0.2) is 0 Å². The van der Waals surface area contributed by atoms with Crippen molar-refractivity contribution in [2.24, 2.45) is 0 Å². The van der Waals surface area contributed by atoms with Crippen LogP contribution in [0.4, 0.5) is 5.82 Å². The summed E-state index contributed by atoms with van der Waals surface area (Å²) < 4.78 is 10.8. The average Bonchev–Trinajstić information content (AvgIpc) is 3.20. The Kier molecular flexibility index (Phi) is 4.34. The van der Waals surface area contributed by atoms with Crippen molar-refractivity contribution in [3.05, 3.63) is 52.0 Å². The minimum Gasteiger partial charge on any atom is -0.493 e. The number of benzene rings is 2. The fourth-order valence-corrected chi connectivity index (χ4v) is 3.43. The van der Waals surface area contributed by atoms with Crippen molar-refractivity contribution in [1.29, 1.82) is 0 Å².